The standard InChI is InChI=1S/C48H48BN3O3/c1-31-22-40(50-28-37-10-16-43(53-7)17-11-37)23-32(2)46(31)49(47-33(3)24-41(25-34(47)4)51-29-38-12-18-44(54-8)19-13-38)48-35(5)26-42(27-36(48)6)52-30-39-14-20-45(55-9)21-15-39/h10-30H,1-9H3. The molecule has 0 unspecified atom stereocenters. The van der Waals surface area contributed by atoms with Gasteiger partial charge < -0.3 is 14.2 Å². The van der Waals surface area contributed by atoms with Gasteiger partial charge in [0.15, 0.2) is 0 Å². The average molecular weight is 726 g/mol. The third-order valence-electron chi connectivity index (χ3n) is 10.0. The molecule has 0 fully saturated rings. The molecule has 276 valence electrons. The molecule has 0 saturated heterocycles. The molecule has 6 aromatic carbocycles. The van der Waals surface area contributed by atoms with E-state index in [1.54, 1.807) is 21.3 Å². The molecule has 0 saturated carbocycles. The molecule has 0 N–H and O–H groups in total. The van der Waals surface area contributed by atoms with Crippen LogP contribution in [0.25, 0.3) is 0 Å². The molecule has 7 heteroatoms. The molecule has 55 heavy (non-hydrogen) atoms. The summed E-state index contributed by atoms with van der Waals surface area (Å²) in [6, 6.07) is 37.0. The van der Waals surface area contributed by atoms with Crippen molar-refractivity contribution in [2.45, 2.75) is 41.5 Å². The van der Waals surface area contributed by atoms with Crippen LogP contribution >= 0.6 is 0 Å². The van der Waals surface area contributed by atoms with E-state index in [1.165, 1.54) is 49.8 Å². The van der Waals surface area contributed by atoms with Gasteiger partial charge in [0.1, 0.15) is 17.2 Å². The van der Waals surface area contributed by atoms with E-state index >= 15 is 0 Å². The molecule has 0 aromatic heterocycles. The number of hydrogen-bond donors (Lipinski definition) is 0. The molecule has 0 spiro atoms. The second-order valence-corrected chi connectivity index (χ2v) is 14.0. The molecule has 0 amide bonds. The summed E-state index contributed by atoms with van der Waals surface area (Å²) in [6.45, 7) is 13.2. The highest BCUT2D eigenvalue weighted by atomic mass is 16.5. The van der Waals surface area contributed by atoms with E-state index in [1.807, 2.05) is 91.4 Å². The molecule has 6 rings (SSSR count). The lowest BCUT2D eigenvalue weighted by atomic mass is 9.33. The monoisotopic (exact) mass is 725 g/mol. The van der Waals surface area contributed by atoms with Gasteiger partial charge in [0.2, 0.25) is 6.71 Å². The Bertz CT molecular complexity index is 2040. The van der Waals surface area contributed by atoms with Crippen LogP contribution in [-0.2, 0) is 0 Å². The summed E-state index contributed by atoms with van der Waals surface area (Å²) in [6.07, 6.45) is 5.72. The first-order chi connectivity index (χ1) is 26.6. The molecule has 0 aliphatic heterocycles. The summed E-state index contributed by atoms with van der Waals surface area (Å²) in [5.41, 5.74) is 16.8. The largest absolute Gasteiger partial charge is 0.497 e. The Balaban J connectivity index is 1.43. The number of ether oxygens (including phenoxy) is 3. The highest BCUT2D eigenvalue weighted by molar-refractivity contribution is 6.97. The van der Waals surface area contributed by atoms with Crippen LogP contribution < -0.4 is 30.6 Å². The van der Waals surface area contributed by atoms with Gasteiger partial charge in [-0.1, -0.05) is 49.8 Å². The second kappa shape index (κ2) is 17.3. The van der Waals surface area contributed by atoms with Gasteiger partial charge >= 0.3 is 0 Å². The Kier molecular flexibility index (Phi) is 12.1. The molecule has 0 bridgehead atoms. The fourth-order valence-electron chi connectivity index (χ4n) is 7.40. The van der Waals surface area contributed by atoms with Crippen molar-refractivity contribution >= 4 is 58.8 Å². The van der Waals surface area contributed by atoms with Crippen LogP contribution in [0, 0.1) is 41.5 Å². The van der Waals surface area contributed by atoms with E-state index in [4.69, 9.17) is 29.2 Å². The van der Waals surface area contributed by atoms with Crippen molar-refractivity contribution < 1.29 is 14.2 Å². The summed E-state index contributed by atoms with van der Waals surface area (Å²) in [7, 11) is 5.02. The fraction of sp³-hybridized carbons (Fsp3) is 0.188. The van der Waals surface area contributed by atoms with Crippen molar-refractivity contribution in [3.05, 3.63) is 159 Å². The Hall–Kier alpha value is -6.21. The molecule has 6 nitrogen and oxygen atoms in total. The van der Waals surface area contributed by atoms with Crippen LogP contribution in [0.2, 0.25) is 0 Å². The number of rotatable bonds is 12. The van der Waals surface area contributed by atoms with Gasteiger partial charge in [0.25, 0.3) is 0 Å². The van der Waals surface area contributed by atoms with Gasteiger partial charge in [-0.05, 0) is 167 Å². The smallest absolute Gasteiger partial charge is 0.243 e. The van der Waals surface area contributed by atoms with Gasteiger partial charge in [-0.3, -0.25) is 15.0 Å². The summed E-state index contributed by atoms with van der Waals surface area (Å²) in [5, 5.41) is 0. The number of nitrogens with zero attached hydrogens (tertiary/aromatic N) is 3. The maximum atomic E-state index is 5.33. The normalized spacial score (nSPS) is 11.5. The lowest BCUT2D eigenvalue weighted by Crippen LogP contribution is -2.57. The molecule has 0 heterocycles. The van der Waals surface area contributed by atoms with E-state index in [2.05, 4.69) is 77.9 Å². The number of benzene rings is 6. The van der Waals surface area contributed by atoms with Crippen molar-refractivity contribution in [3.63, 3.8) is 0 Å². The molecule has 0 aliphatic carbocycles. The third kappa shape index (κ3) is 9.13. The van der Waals surface area contributed by atoms with Crippen LogP contribution in [0.15, 0.2) is 124 Å². The Morgan fingerprint density at radius 3 is 0.782 bits per heavy atom. The van der Waals surface area contributed by atoms with Crippen molar-refractivity contribution in [1.82, 2.24) is 0 Å². The highest BCUT2D eigenvalue weighted by Gasteiger charge is 2.31. The van der Waals surface area contributed by atoms with Crippen LogP contribution in [0.3, 0.4) is 0 Å². The van der Waals surface area contributed by atoms with E-state index < -0.39 is 0 Å². The first-order valence-electron chi connectivity index (χ1n) is 18.4. The zero-order valence-corrected chi connectivity index (χ0v) is 33.3. The summed E-state index contributed by atoms with van der Waals surface area (Å²) >= 11 is 0. The van der Waals surface area contributed by atoms with Gasteiger partial charge in [-0.2, -0.15) is 0 Å². The lowest BCUT2D eigenvalue weighted by Gasteiger charge is -2.27. The fourth-order valence-corrected chi connectivity index (χ4v) is 7.40. The molecule has 6 aromatic rings. The number of aryl methyl sites for hydroxylation is 6. The average Bonchev–Trinajstić information content (AvgIpc) is 3.18. The van der Waals surface area contributed by atoms with Crippen molar-refractivity contribution in [2.24, 2.45) is 15.0 Å². The first kappa shape index (κ1) is 38.5. The minimum Gasteiger partial charge on any atom is -0.497 e. The maximum Gasteiger partial charge on any atom is 0.243 e. The zero-order chi connectivity index (χ0) is 39.1. The lowest BCUT2D eigenvalue weighted by molar-refractivity contribution is 0.414. The second-order valence-electron chi connectivity index (χ2n) is 14.0. The number of methoxy groups -OCH3 is 3. The predicted octanol–water partition coefficient (Wildman–Crippen LogP) is 9.33. The van der Waals surface area contributed by atoms with Crippen LogP contribution in [0.4, 0.5) is 17.1 Å². The highest BCUT2D eigenvalue weighted by Crippen LogP contribution is 2.24. The van der Waals surface area contributed by atoms with Gasteiger partial charge in [0, 0.05) is 18.6 Å². The van der Waals surface area contributed by atoms with Gasteiger partial charge in [0.05, 0.1) is 38.4 Å². The molecule has 0 atom stereocenters. The molecular formula is C48H48BN3O3. The summed E-state index contributed by atoms with van der Waals surface area (Å²) in [4.78, 5) is 14.7. The minimum atomic E-state index is -0.0288. The SMILES string of the molecule is COc1ccc(C=Nc2cc(C)c(B(c3c(C)cc(N=Cc4ccc(OC)cc4)cc3C)c3c(C)cc(N=Cc4ccc(OC)cc4)cc3C)c(C)c2)cc1. The van der Waals surface area contributed by atoms with E-state index in [9.17, 15) is 0 Å². The van der Waals surface area contributed by atoms with Crippen LogP contribution in [-0.4, -0.2) is 46.7 Å². The topological polar surface area (TPSA) is 64.8 Å². The van der Waals surface area contributed by atoms with Gasteiger partial charge in [-0.15, -0.1) is 0 Å². The Morgan fingerprint density at radius 1 is 0.364 bits per heavy atom. The minimum absolute atomic E-state index is 0.0288. The van der Waals surface area contributed by atoms with E-state index in [-0.39, 0.29) is 6.71 Å². The van der Waals surface area contributed by atoms with Crippen molar-refractivity contribution in [3.8, 4) is 17.2 Å². The molecule has 0 radical (unpaired) electrons. The molecule has 0 aliphatic rings. The maximum absolute atomic E-state index is 5.33. The number of hydrogen-bond acceptors (Lipinski definition) is 6. The van der Waals surface area contributed by atoms with E-state index in [0.29, 0.717) is 0 Å². The summed E-state index contributed by atoms with van der Waals surface area (Å²) in [5.74, 6) is 2.47. The summed E-state index contributed by atoms with van der Waals surface area (Å²) < 4.78 is 16.0. The van der Waals surface area contributed by atoms with Crippen molar-refractivity contribution in [1.29, 1.82) is 0 Å². The number of aliphatic imine (C=N–C) groups is 3. The van der Waals surface area contributed by atoms with Crippen LogP contribution in [0.5, 0.6) is 17.2 Å². The predicted molar refractivity (Wildman–Crippen MR) is 233 cm³/mol. The van der Waals surface area contributed by atoms with Crippen LogP contribution in [0.1, 0.15) is 50.1 Å². The zero-order valence-electron chi connectivity index (χ0n) is 33.3. The third-order valence-corrected chi connectivity index (χ3v) is 10.0. The van der Waals surface area contributed by atoms with E-state index in [0.717, 1.165) is 51.0 Å². The molecular weight excluding hydrogens is 677 g/mol. The first-order valence-corrected chi connectivity index (χ1v) is 18.4. The van der Waals surface area contributed by atoms with Crippen molar-refractivity contribution in [2.75, 3.05) is 21.3 Å². The quantitative estimate of drug-likeness (QED) is 0.0934. The Morgan fingerprint density at radius 2 is 0.582 bits per heavy atom. The van der Waals surface area contributed by atoms with Gasteiger partial charge in [-0.25, -0.2) is 0 Å². The Labute approximate surface area is 326 Å².